The maximum atomic E-state index is 12.6. The first-order chi connectivity index (χ1) is 20.8. The van der Waals surface area contributed by atoms with Crippen molar-refractivity contribution in [3.05, 3.63) is 25.3 Å². The summed E-state index contributed by atoms with van der Waals surface area (Å²) in [5, 5.41) is -0.0316. The normalized spacial score (nSPS) is 22.0. The first-order valence-electron chi connectivity index (χ1n) is 16.5. The highest BCUT2D eigenvalue weighted by Crippen LogP contribution is 2.47. The minimum Gasteiger partial charge on any atom is -0.414 e. The van der Waals surface area contributed by atoms with Crippen LogP contribution in [0.5, 0.6) is 0 Å². The number of carbonyl (C=O) groups excluding carboxylic acids is 1. The second-order valence-electron chi connectivity index (χ2n) is 17.3. The van der Waals surface area contributed by atoms with Gasteiger partial charge in [0.1, 0.15) is 24.6 Å². The minimum absolute atomic E-state index is 0.0252. The second-order valence-corrected chi connectivity index (χ2v) is 31.6. The number of ether oxygens (including phenoxy) is 1. The van der Waals surface area contributed by atoms with E-state index in [9.17, 15) is 4.79 Å². The summed E-state index contributed by atoms with van der Waals surface area (Å²) in [6, 6.07) is 0. The number of aromatic nitrogens is 4. The summed E-state index contributed by atoms with van der Waals surface area (Å²) >= 11 is 0. The molecule has 13 heteroatoms. The number of nitrogens with zero attached hydrogens (tertiary/aromatic N) is 5. The highest BCUT2D eigenvalue weighted by molar-refractivity contribution is 6.75. The SMILES string of the molecule is C=CCN(C(C)=O)c1ncnc2c1ncn2[C@@H]1O[C@H](CO[Si](C)(C)C(C)(C)C)[C@@H](O[Si](C)(C)C(C)(C)C)[C@H]1O[Si](C)(C)C(C)(C)C. The quantitative estimate of drug-likeness (QED) is 0.172. The molecule has 10 nitrogen and oxygen atoms in total. The van der Waals surface area contributed by atoms with E-state index in [-0.39, 0.29) is 33.2 Å². The maximum Gasteiger partial charge on any atom is 0.225 e. The van der Waals surface area contributed by atoms with Crippen molar-refractivity contribution in [2.24, 2.45) is 0 Å². The van der Waals surface area contributed by atoms with Crippen molar-refractivity contribution in [3.63, 3.8) is 0 Å². The Kier molecular flexibility index (Phi) is 11.2. The van der Waals surface area contributed by atoms with E-state index in [2.05, 4.69) is 118 Å². The molecular formula is C33H61N5O5Si3. The van der Waals surface area contributed by atoms with Crippen molar-refractivity contribution in [3.8, 4) is 0 Å². The van der Waals surface area contributed by atoms with Gasteiger partial charge >= 0.3 is 0 Å². The molecule has 2 aromatic rings. The Hall–Kier alpha value is -1.75. The number of hydrogen-bond donors (Lipinski definition) is 0. The molecule has 0 aliphatic carbocycles. The van der Waals surface area contributed by atoms with E-state index >= 15 is 0 Å². The molecule has 4 atom stereocenters. The Morgan fingerprint density at radius 2 is 1.41 bits per heavy atom. The van der Waals surface area contributed by atoms with Crippen LogP contribution in [0.4, 0.5) is 5.82 Å². The fourth-order valence-corrected chi connectivity index (χ4v) is 8.21. The van der Waals surface area contributed by atoms with Gasteiger partial charge in [-0.1, -0.05) is 68.4 Å². The van der Waals surface area contributed by atoms with Crippen molar-refractivity contribution in [2.45, 2.75) is 148 Å². The largest absolute Gasteiger partial charge is 0.414 e. The molecule has 0 aromatic carbocycles. The molecule has 0 saturated carbocycles. The van der Waals surface area contributed by atoms with Crippen LogP contribution < -0.4 is 4.90 Å². The molecule has 0 N–H and O–H groups in total. The predicted octanol–water partition coefficient (Wildman–Crippen LogP) is 8.07. The van der Waals surface area contributed by atoms with Crippen molar-refractivity contribution < 1.29 is 22.8 Å². The van der Waals surface area contributed by atoms with Crippen LogP contribution in [-0.4, -0.2) is 81.8 Å². The number of rotatable bonds is 11. The molecule has 1 amide bonds. The molecule has 1 saturated heterocycles. The van der Waals surface area contributed by atoms with Gasteiger partial charge in [0.05, 0.1) is 12.9 Å². The van der Waals surface area contributed by atoms with Gasteiger partial charge in [-0.15, -0.1) is 6.58 Å². The van der Waals surface area contributed by atoms with E-state index < -0.39 is 37.3 Å². The van der Waals surface area contributed by atoms with E-state index in [0.29, 0.717) is 30.1 Å². The van der Waals surface area contributed by atoms with Crippen LogP contribution in [0, 0.1) is 0 Å². The van der Waals surface area contributed by atoms with E-state index in [0.717, 1.165) is 0 Å². The van der Waals surface area contributed by atoms with Gasteiger partial charge in [-0.3, -0.25) is 14.3 Å². The third-order valence-electron chi connectivity index (χ3n) is 10.7. The summed E-state index contributed by atoms with van der Waals surface area (Å²) in [5.41, 5.74) is 1.07. The van der Waals surface area contributed by atoms with Gasteiger partial charge in [0.25, 0.3) is 0 Å². The van der Waals surface area contributed by atoms with Crippen molar-refractivity contribution in [1.29, 1.82) is 0 Å². The lowest BCUT2D eigenvalue weighted by atomic mass is 10.1. The molecule has 1 aliphatic rings. The zero-order valence-electron chi connectivity index (χ0n) is 31.4. The van der Waals surface area contributed by atoms with Gasteiger partial charge in [-0.05, 0) is 54.4 Å². The van der Waals surface area contributed by atoms with Crippen molar-refractivity contribution >= 4 is 47.8 Å². The number of anilines is 1. The average Bonchev–Trinajstić information content (AvgIpc) is 3.45. The lowest BCUT2D eigenvalue weighted by molar-refractivity contribution is -0.116. The Morgan fingerprint density at radius 3 is 1.89 bits per heavy atom. The summed E-state index contributed by atoms with van der Waals surface area (Å²) in [4.78, 5) is 28.0. The summed E-state index contributed by atoms with van der Waals surface area (Å²) in [7, 11) is -6.74. The van der Waals surface area contributed by atoms with Gasteiger partial charge in [-0.2, -0.15) is 0 Å². The fraction of sp³-hybridized carbons (Fsp3) is 0.758. The molecule has 2 aromatic heterocycles. The molecule has 3 heterocycles. The average molecular weight is 692 g/mol. The number of carbonyl (C=O) groups is 1. The van der Waals surface area contributed by atoms with Crippen LogP contribution in [0.1, 0.15) is 75.5 Å². The van der Waals surface area contributed by atoms with E-state index in [1.807, 2.05) is 4.57 Å². The molecule has 1 aliphatic heterocycles. The standard InChI is InChI=1S/C33H61N5O5Si3/c1-18-19-37(23(2)39)28-25-29(35-21-34-28)38(22-36-25)30-27(43-46(16,17)33(9,10)11)26(42-45(14,15)32(6,7)8)24(41-30)20-40-44(12,13)31(3,4)5/h18,21-22,24,26-27,30H,1,19-20H2,2-17H3/t24-,26-,27-,30-/m1/s1. The number of fused-ring (bicyclic) bond motifs is 1. The third kappa shape index (κ3) is 7.92. The highest BCUT2D eigenvalue weighted by Gasteiger charge is 2.55. The number of hydrogen-bond acceptors (Lipinski definition) is 8. The van der Waals surface area contributed by atoms with Gasteiger partial charge in [-0.25, -0.2) is 15.0 Å². The van der Waals surface area contributed by atoms with Crippen LogP contribution in [0.15, 0.2) is 25.3 Å². The molecule has 0 unspecified atom stereocenters. The van der Waals surface area contributed by atoms with Crippen LogP contribution >= 0.6 is 0 Å². The molecule has 0 bridgehead atoms. The van der Waals surface area contributed by atoms with Gasteiger partial charge in [0.2, 0.25) is 5.91 Å². The third-order valence-corrected chi connectivity index (χ3v) is 24.2. The summed E-state index contributed by atoms with van der Waals surface area (Å²) in [5.74, 6) is 0.277. The Balaban J connectivity index is 2.23. The maximum absolute atomic E-state index is 12.6. The molecule has 3 rings (SSSR count). The molecule has 1 fully saturated rings. The number of amides is 1. The summed E-state index contributed by atoms with van der Waals surface area (Å²) < 4.78 is 30.3. The highest BCUT2D eigenvalue weighted by atomic mass is 28.4. The zero-order chi connectivity index (χ0) is 35.3. The van der Waals surface area contributed by atoms with Crippen molar-refractivity contribution in [1.82, 2.24) is 19.5 Å². The van der Waals surface area contributed by atoms with Gasteiger partial charge in [0.15, 0.2) is 48.2 Å². The predicted molar refractivity (Wildman–Crippen MR) is 195 cm³/mol. The zero-order valence-corrected chi connectivity index (χ0v) is 34.4. The first-order valence-corrected chi connectivity index (χ1v) is 25.2. The Morgan fingerprint density at radius 1 is 0.891 bits per heavy atom. The Labute approximate surface area is 281 Å². The summed E-state index contributed by atoms with van der Waals surface area (Å²) in [6.45, 7) is 39.9. The molecular weight excluding hydrogens is 631 g/mol. The summed E-state index contributed by atoms with van der Waals surface area (Å²) in [6.07, 6.45) is 3.07. The molecule has 46 heavy (non-hydrogen) atoms. The molecule has 0 spiro atoms. The van der Waals surface area contributed by atoms with Crippen molar-refractivity contribution in [2.75, 3.05) is 18.1 Å². The van der Waals surface area contributed by atoms with E-state index in [1.165, 1.54) is 13.3 Å². The monoisotopic (exact) mass is 691 g/mol. The van der Waals surface area contributed by atoms with E-state index in [1.54, 1.807) is 17.3 Å². The van der Waals surface area contributed by atoms with Crippen LogP contribution in [0.3, 0.4) is 0 Å². The van der Waals surface area contributed by atoms with Crippen LogP contribution in [-0.2, 0) is 22.8 Å². The van der Waals surface area contributed by atoms with Crippen LogP contribution in [0.25, 0.3) is 11.2 Å². The molecule has 0 radical (unpaired) electrons. The Bertz CT molecular complexity index is 1390. The van der Waals surface area contributed by atoms with Gasteiger partial charge < -0.3 is 18.0 Å². The smallest absolute Gasteiger partial charge is 0.225 e. The first kappa shape index (κ1) is 38.7. The lowest BCUT2D eigenvalue weighted by Crippen LogP contribution is -2.54. The molecule has 260 valence electrons. The lowest BCUT2D eigenvalue weighted by Gasteiger charge is -2.44. The minimum atomic E-state index is -2.34. The topological polar surface area (TPSA) is 101 Å². The van der Waals surface area contributed by atoms with Crippen LogP contribution in [0.2, 0.25) is 54.4 Å². The van der Waals surface area contributed by atoms with Gasteiger partial charge in [0, 0.05) is 13.5 Å². The second kappa shape index (κ2) is 13.3. The number of imidazole rings is 1. The fourth-order valence-electron chi connectivity index (χ4n) is 4.59. The van der Waals surface area contributed by atoms with E-state index in [4.69, 9.17) is 23.0 Å².